The number of amides is 3. The van der Waals surface area contributed by atoms with Crippen molar-refractivity contribution in [3.8, 4) is 0 Å². The Morgan fingerprint density at radius 1 is 0.818 bits per heavy atom. The van der Waals surface area contributed by atoms with Crippen molar-refractivity contribution >= 4 is 35.0 Å². The molecule has 1 atom stereocenters. The lowest BCUT2D eigenvalue weighted by Crippen LogP contribution is -2.32. The van der Waals surface area contributed by atoms with Crippen LogP contribution in [0.25, 0.3) is 0 Å². The van der Waals surface area contributed by atoms with E-state index in [1.807, 2.05) is 37.3 Å². The molecule has 3 amide bonds. The molecule has 0 aliphatic carbocycles. The molecule has 170 valence electrons. The van der Waals surface area contributed by atoms with Crippen LogP contribution >= 0.6 is 11.6 Å². The molecule has 3 aromatic rings. The highest BCUT2D eigenvalue weighted by Gasteiger charge is 2.21. The Morgan fingerprint density at radius 3 is 2.15 bits per heavy atom. The van der Waals surface area contributed by atoms with E-state index in [-0.39, 0.29) is 24.1 Å². The number of nitrogens with one attached hydrogen (secondary N) is 3. The van der Waals surface area contributed by atoms with Crippen molar-refractivity contribution in [2.45, 2.75) is 25.8 Å². The first-order valence-corrected chi connectivity index (χ1v) is 11.1. The van der Waals surface area contributed by atoms with E-state index in [0.717, 1.165) is 12.0 Å². The van der Waals surface area contributed by atoms with E-state index >= 15 is 0 Å². The molecule has 0 spiro atoms. The maximum absolute atomic E-state index is 12.9. The van der Waals surface area contributed by atoms with E-state index in [1.54, 1.807) is 48.5 Å². The number of halogens is 1. The zero-order chi connectivity index (χ0) is 23.6. The maximum Gasteiger partial charge on any atom is 0.253 e. The third-order valence-corrected chi connectivity index (χ3v) is 5.33. The fourth-order valence-electron chi connectivity index (χ4n) is 3.33. The second-order valence-corrected chi connectivity index (χ2v) is 7.88. The summed E-state index contributed by atoms with van der Waals surface area (Å²) >= 11 is 6.17. The van der Waals surface area contributed by atoms with Crippen molar-refractivity contribution in [3.63, 3.8) is 0 Å². The van der Waals surface area contributed by atoms with Gasteiger partial charge in [0.1, 0.15) is 0 Å². The third kappa shape index (κ3) is 6.67. The van der Waals surface area contributed by atoms with Crippen LogP contribution in [0.15, 0.2) is 78.9 Å². The minimum atomic E-state index is -0.587. The topological polar surface area (TPSA) is 87.3 Å². The second kappa shape index (κ2) is 11.8. The Kier molecular flexibility index (Phi) is 8.61. The summed E-state index contributed by atoms with van der Waals surface area (Å²) in [6, 6.07) is 22.2. The second-order valence-electron chi connectivity index (χ2n) is 7.47. The fourth-order valence-corrected chi connectivity index (χ4v) is 3.55. The summed E-state index contributed by atoms with van der Waals surface area (Å²) in [7, 11) is 0. The predicted molar refractivity (Wildman–Crippen MR) is 130 cm³/mol. The monoisotopic (exact) mass is 463 g/mol. The van der Waals surface area contributed by atoms with Crippen molar-refractivity contribution in [2.75, 3.05) is 11.9 Å². The van der Waals surface area contributed by atoms with E-state index in [0.29, 0.717) is 28.4 Å². The van der Waals surface area contributed by atoms with Crippen LogP contribution < -0.4 is 16.0 Å². The Balaban J connectivity index is 1.77. The molecule has 3 aromatic carbocycles. The van der Waals surface area contributed by atoms with Crippen molar-refractivity contribution < 1.29 is 14.4 Å². The molecule has 7 heteroatoms. The first-order valence-electron chi connectivity index (χ1n) is 10.8. The highest BCUT2D eigenvalue weighted by Crippen LogP contribution is 2.22. The number of carbonyl (C=O) groups excluding carboxylic acids is 3. The smallest absolute Gasteiger partial charge is 0.253 e. The van der Waals surface area contributed by atoms with Crippen LogP contribution in [0.1, 0.15) is 52.1 Å². The van der Waals surface area contributed by atoms with Gasteiger partial charge in [0, 0.05) is 6.54 Å². The SMILES string of the molecule is CCCNC(=O)c1ccccc1NC(=O)CC(NC(=O)c1ccccc1Cl)c1ccccc1. The van der Waals surface area contributed by atoms with Gasteiger partial charge >= 0.3 is 0 Å². The molecule has 0 radical (unpaired) electrons. The molecule has 0 aliphatic rings. The van der Waals surface area contributed by atoms with Gasteiger partial charge in [0.25, 0.3) is 11.8 Å². The quantitative estimate of drug-likeness (QED) is 0.418. The molecule has 0 saturated carbocycles. The lowest BCUT2D eigenvalue weighted by Gasteiger charge is -2.20. The number of hydrogen-bond donors (Lipinski definition) is 3. The number of para-hydroxylation sites is 1. The van der Waals surface area contributed by atoms with Crippen LogP contribution in [0.4, 0.5) is 5.69 Å². The highest BCUT2D eigenvalue weighted by atomic mass is 35.5. The molecular weight excluding hydrogens is 438 g/mol. The van der Waals surface area contributed by atoms with Crippen molar-refractivity contribution in [2.24, 2.45) is 0 Å². The molecule has 0 aromatic heterocycles. The number of hydrogen-bond acceptors (Lipinski definition) is 3. The lowest BCUT2D eigenvalue weighted by atomic mass is 10.0. The Hall–Kier alpha value is -3.64. The molecule has 3 rings (SSSR count). The maximum atomic E-state index is 12.9. The number of carbonyl (C=O) groups is 3. The van der Waals surface area contributed by atoms with E-state index in [1.165, 1.54) is 0 Å². The molecule has 0 saturated heterocycles. The predicted octanol–water partition coefficient (Wildman–Crippen LogP) is 4.98. The van der Waals surface area contributed by atoms with Gasteiger partial charge in [0.2, 0.25) is 5.91 Å². The standard InChI is InChI=1S/C26H26ClN3O3/c1-2-16-28-25(32)20-13-7-9-15-22(20)29-24(31)17-23(18-10-4-3-5-11-18)30-26(33)19-12-6-8-14-21(19)27/h3-15,23H,2,16-17H2,1H3,(H,28,32)(H,29,31)(H,30,33). The molecular formula is C26H26ClN3O3. The number of benzene rings is 3. The summed E-state index contributed by atoms with van der Waals surface area (Å²) in [5, 5.41) is 8.87. The summed E-state index contributed by atoms with van der Waals surface area (Å²) in [6.07, 6.45) is 0.787. The van der Waals surface area contributed by atoms with E-state index in [2.05, 4.69) is 16.0 Å². The molecule has 1 unspecified atom stereocenters. The van der Waals surface area contributed by atoms with Gasteiger partial charge in [0.15, 0.2) is 0 Å². The van der Waals surface area contributed by atoms with Gasteiger partial charge in [-0.15, -0.1) is 0 Å². The van der Waals surface area contributed by atoms with Crippen molar-refractivity contribution in [1.82, 2.24) is 10.6 Å². The normalized spacial score (nSPS) is 11.3. The zero-order valence-corrected chi connectivity index (χ0v) is 19.1. The number of rotatable bonds is 9. The van der Waals surface area contributed by atoms with Gasteiger partial charge in [-0.2, -0.15) is 0 Å². The van der Waals surface area contributed by atoms with Gasteiger partial charge < -0.3 is 16.0 Å². The van der Waals surface area contributed by atoms with Crippen molar-refractivity contribution in [1.29, 1.82) is 0 Å². The molecule has 0 fully saturated rings. The lowest BCUT2D eigenvalue weighted by molar-refractivity contribution is -0.116. The first kappa shape index (κ1) is 24.0. The zero-order valence-electron chi connectivity index (χ0n) is 18.3. The Labute approximate surface area is 198 Å². The fraction of sp³-hybridized carbons (Fsp3) is 0.192. The third-order valence-electron chi connectivity index (χ3n) is 5.00. The van der Waals surface area contributed by atoms with Crippen LogP contribution in [0.2, 0.25) is 5.02 Å². The van der Waals surface area contributed by atoms with Crippen LogP contribution in [0, 0.1) is 0 Å². The van der Waals surface area contributed by atoms with E-state index in [9.17, 15) is 14.4 Å². The van der Waals surface area contributed by atoms with Crippen LogP contribution in [-0.4, -0.2) is 24.3 Å². The first-order chi connectivity index (χ1) is 16.0. The van der Waals surface area contributed by atoms with Crippen molar-refractivity contribution in [3.05, 3.63) is 101 Å². The Morgan fingerprint density at radius 2 is 1.45 bits per heavy atom. The summed E-state index contributed by atoms with van der Waals surface area (Å²) in [4.78, 5) is 38.3. The van der Waals surface area contributed by atoms with Gasteiger partial charge in [-0.1, -0.05) is 73.1 Å². The average molecular weight is 464 g/mol. The highest BCUT2D eigenvalue weighted by molar-refractivity contribution is 6.33. The molecule has 0 heterocycles. The minimum Gasteiger partial charge on any atom is -0.352 e. The van der Waals surface area contributed by atoms with E-state index < -0.39 is 6.04 Å². The molecule has 0 aliphatic heterocycles. The van der Waals surface area contributed by atoms with Crippen LogP contribution in [-0.2, 0) is 4.79 Å². The van der Waals surface area contributed by atoms with Crippen LogP contribution in [0.3, 0.4) is 0 Å². The summed E-state index contributed by atoms with van der Waals surface area (Å²) in [6.45, 7) is 2.51. The van der Waals surface area contributed by atoms with Gasteiger partial charge in [-0.25, -0.2) is 0 Å². The molecule has 3 N–H and O–H groups in total. The molecule has 6 nitrogen and oxygen atoms in total. The average Bonchev–Trinajstić information content (AvgIpc) is 2.83. The van der Waals surface area contributed by atoms with Gasteiger partial charge in [0.05, 0.1) is 34.3 Å². The minimum absolute atomic E-state index is 0.0227. The van der Waals surface area contributed by atoms with Crippen LogP contribution in [0.5, 0.6) is 0 Å². The summed E-state index contributed by atoms with van der Waals surface area (Å²) in [5.41, 5.74) is 1.91. The van der Waals surface area contributed by atoms with Gasteiger partial charge in [-0.05, 0) is 36.2 Å². The Bertz CT molecular complexity index is 1120. The molecule has 0 bridgehead atoms. The summed E-state index contributed by atoms with van der Waals surface area (Å²) in [5.74, 6) is -0.958. The molecule has 33 heavy (non-hydrogen) atoms. The van der Waals surface area contributed by atoms with Gasteiger partial charge in [-0.3, -0.25) is 14.4 Å². The largest absolute Gasteiger partial charge is 0.352 e. The summed E-state index contributed by atoms with van der Waals surface area (Å²) < 4.78 is 0. The number of anilines is 1. The van der Waals surface area contributed by atoms with E-state index in [4.69, 9.17) is 11.6 Å².